The predicted molar refractivity (Wildman–Crippen MR) is 104 cm³/mol. The Kier molecular flexibility index (Phi) is 6.68. The van der Waals surface area contributed by atoms with Gasteiger partial charge < -0.3 is 15.4 Å². The summed E-state index contributed by atoms with van der Waals surface area (Å²) >= 11 is 0. The topological polar surface area (TPSA) is 58.8 Å². The van der Waals surface area contributed by atoms with Crippen molar-refractivity contribution in [2.24, 2.45) is 11.7 Å². The number of morpholine rings is 1. The second kappa shape index (κ2) is 8.98. The quantitative estimate of drug-likeness (QED) is 0.877. The SMILES string of the molecule is CC1CN(CCC2CCN(C(=O)C(N)c3ccccc3)CC2)CC(C)O1. The van der Waals surface area contributed by atoms with Gasteiger partial charge in [-0.3, -0.25) is 9.69 Å². The van der Waals surface area contributed by atoms with Crippen LogP contribution in [0.4, 0.5) is 0 Å². The zero-order chi connectivity index (χ0) is 18.5. The molecule has 5 heteroatoms. The van der Waals surface area contributed by atoms with E-state index in [0.29, 0.717) is 18.1 Å². The number of hydrogen-bond acceptors (Lipinski definition) is 4. The fourth-order valence-electron chi connectivity index (χ4n) is 4.27. The molecule has 144 valence electrons. The van der Waals surface area contributed by atoms with Crippen molar-refractivity contribution in [2.75, 3.05) is 32.7 Å². The monoisotopic (exact) mass is 359 g/mol. The lowest BCUT2D eigenvalue weighted by molar-refractivity contribution is -0.134. The second-order valence-corrected chi connectivity index (χ2v) is 7.96. The van der Waals surface area contributed by atoms with Gasteiger partial charge in [0.05, 0.1) is 12.2 Å². The van der Waals surface area contributed by atoms with Gasteiger partial charge in [-0.2, -0.15) is 0 Å². The number of ether oxygens (including phenoxy) is 1. The van der Waals surface area contributed by atoms with Gasteiger partial charge >= 0.3 is 0 Å². The lowest BCUT2D eigenvalue weighted by atomic mass is 9.92. The maximum Gasteiger partial charge on any atom is 0.244 e. The van der Waals surface area contributed by atoms with Crippen molar-refractivity contribution in [3.8, 4) is 0 Å². The van der Waals surface area contributed by atoms with Crippen LogP contribution in [0.15, 0.2) is 30.3 Å². The molecule has 0 aliphatic carbocycles. The zero-order valence-electron chi connectivity index (χ0n) is 16.1. The molecule has 0 radical (unpaired) electrons. The number of nitrogens with two attached hydrogens (primary N) is 1. The van der Waals surface area contributed by atoms with Crippen LogP contribution in [-0.2, 0) is 9.53 Å². The van der Waals surface area contributed by atoms with E-state index in [2.05, 4.69) is 18.7 Å². The number of carbonyl (C=O) groups is 1. The van der Waals surface area contributed by atoms with Crippen LogP contribution in [0.2, 0.25) is 0 Å². The molecule has 2 heterocycles. The molecular formula is C21H33N3O2. The molecule has 3 atom stereocenters. The first-order chi connectivity index (χ1) is 12.5. The Bertz CT molecular complexity index is 562. The van der Waals surface area contributed by atoms with Crippen LogP contribution in [0.25, 0.3) is 0 Å². The number of benzene rings is 1. The van der Waals surface area contributed by atoms with E-state index < -0.39 is 6.04 Å². The molecule has 3 rings (SSSR count). The van der Waals surface area contributed by atoms with Crippen molar-refractivity contribution in [2.45, 2.75) is 51.4 Å². The Morgan fingerprint density at radius 3 is 2.38 bits per heavy atom. The number of carbonyl (C=O) groups excluding carboxylic acids is 1. The largest absolute Gasteiger partial charge is 0.373 e. The molecule has 0 saturated carbocycles. The molecule has 2 aliphatic rings. The summed E-state index contributed by atoms with van der Waals surface area (Å²) in [5, 5.41) is 0. The molecule has 0 spiro atoms. The zero-order valence-corrected chi connectivity index (χ0v) is 16.1. The van der Waals surface area contributed by atoms with Gasteiger partial charge in [0.25, 0.3) is 0 Å². The summed E-state index contributed by atoms with van der Waals surface area (Å²) in [5.41, 5.74) is 7.07. The smallest absolute Gasteiger partial charge is 0.244 e. The molecule has 2 fully saturated rings. The molecule has 2 N–H and O–H groups in total. The lowest BCUT2D eigenvalue weighted by Crippen LogP contribution is -2.46. The van der Waals surface area contributed by atoms with Crippen LogP contribution >= 0.6 is 0 Å². The van der Waals surface area contributed by atoms with Gasteiger partial charge in [-0.05, 0) is 51.1 Å². The Labute approximate surface area is 157 Å². The minimum Gasteiger partial charge on any atom is -0.373 e. The van der Waals surface area contributed by atoms with Gasteiger partial charge in [0.1, 0.15) is 6.04 Å². The fourth-order valence-corrected chi connectivity index (χ4v) is 4.27. The molecule has 3 unspecified atom stereocenters. The normalized spacial score (nSPS) is 26.7. The third kappa shape index (κ3) is 5.06. The first kappa shape index (κ1) is 19.3. The molecule has 0 aromatic heterocycles. The van der Waals surface area contributed by atoms with Crippen LogP contribution in [0.3, 0.4) is 0 Å². The van der Waals surface area contributed by atoms with E-state index in [1.807, 2.05) is 35.2 Å². The fraction of sp³-hybridized carbons (Fsp3) is 0.667. The molecule has 1 aromatic carbocycles. The molecule has 0 bridgehead atoms. The first-order valence-corrected chi connectivity index (χ1v) is 10.00. The molecule has 1 amide bonds. The van der Waals surface area contributed by atoms with E-state index in [1.165, 1.54) is 6.42 Å². The van der Waals surface area contributed by atoms with E-state index in [0.717, 1.165) is 51.1 Å². The van der Waals surface area contributed by atoms with Crippen molar-refractivity contribution in [1.82, 2.24) is 9.80 Å². The number of piperidine rings is 1. The molecular weight excluding hydrogens is 326 g/mol. The van der Waals surface area contributed by atoms with Crippen LogP contribution in [-0.4, -0.2) is 60.6 Å². The van der Waals surface area contributed by atoms with E-state index >= 15 is 0 Å². The highest BCUT2D eigenvalue weighted by Crippen LogP contribution is 2.24. The molecule has 5 nitrogen and oxygen atoms in total. The first-order valence-electron chi connectivity index (χ1n) is 10.00. The number of hydrogen-bond donors (Lipinski definition) is 1. The summed E-state index contributed by atoms with van der Waals surface area (Å²) in [6, 6.07) is 9.13. The third-order valence-electron chi connectivity index (χ3n) is 5.70. The number of rotatable bonds is 5. The van der Waals surface area contributed by atoms with Crippen molar-refractivity contribution in [3.63, 3.8) is 0 Å². The summed E-state index contributed by atoms with van der Waals surface area (Å²) in [6.45, 7) is 9.19. The average molecular weight is 360 g/mol. The Balaban J connectivity index is 1.42. The van der Waals surface area contributed by atoms with E-state index in [9.17, 15) is 4.79 Å². The maximum atomic E-state index is 12.7. The number of likely N-dealkylation sites (tertiary alicyclic amines) is 1. The summed E-state index contributed by atoms with van der Waals surface area (Å²) in [5.74, 6) is 0.769. The van der Waals surface area contributed by atoms with Gasteiger partial charge in [0.2, 0.25) is 5.91 Å². The minimum atomic E-state index is -0.538. The molecule has 1 aromatic rings. The summed E-state index contributed by atoms with van der Waals surface area (Å²) in [6.07, 6.45) is 4.05. The standard InChI is InChI=1S/C21H33N3O2/c1-16-14-23(15-17(2)26-16)11-8-18-9-12-24(13-10-18)21(25)20(22)19-6-4-3-5-7-19/h3-7,16-18,20H,8-15,22H2,1-2H3. The maximum absolute atomic E-state index is 12.7. The van der Waals surface area contributed by atoms with Crippen molar-refractivity contribution in [1.29, 1.82) is 0 Å². The second-order valence-electron chi connectivity index (χ2n) is 7.96. The summed E-state index contributed by atoms with van der Waals surface area (Å²) < 4.78 is 5.81. The van der Waals surface area contributed by atoms with Gasteiger partial charge in [-0.1, -0.05) is 30.3 Å². The molecule has 26 heavy (non-hydrogen) atoms. The van der Waals surface area contributed by atoms with E-state index in [1.54, 1.807) is 0 Å². The van der Waals surface area contributed by atoms with Gasteiger partial charge in [0.15, 0.2) is 0 Å². The van der Waals surface area contributed by atoms with Crippen LogP contribution in [0.1, 0.15) is 44.7 Å². The minimum absolute atomic E-state index is 0.0606. The third-order valence-corrected chi connectivity index (χ3v) is 5.70. The Morgan fingerprint density at radius 1 is 1.15 bits per heavy atom. The van der Waals surface area contributed by atoms with Crippen LogP contribution in [0.5, 0.6) is 0 Å². The van der Waals surface area contributed by atoms with Crippen molar-refractivity contribution < 1.29 is 9.53 Å². The average Bonchev–Trinajstić information content (AvgIpc) is 2.65. The lowest BCUT2D eigenvalue weighted by Gasteiger charge is -2.37. The van der Waals surface area contributed by atoms with E-state index in [-0.39, 0.29) is 5.91 Å². The Morgan fingerprint density at radius 2 is 1.77 bits per heavy atom. The van der Waals surface area contributed by atoms with Crippen molar-refractivity contribution >= 4 is 5.91 Å². The number of amides is 1. The molecule has 2 saturated heterocycles. The van der Waals surface area contributed by atoms with Crippen LogP contribution < -0.4 is 5.73 Å². The highest BCUT2D eigenvalue weighted by molar-refractivity contribution is 5.83. The summed E-state index contributed by atoms with van der Waals surface area (Å²) in [7, 11) is 0. The van der Waals surface area contributed by atoms with Crippen molar-refractivity contribution in [3.05, 3.63) is 35.9 Å². The summed E-state index contributed by atoms with van der Waals surface area (Å²) in [4.78, 5) is 17.1. The number of nitrogens with zero attached hydrogens (tertiary/aromatic N) is 2. The molecule has 2 aliphatic heterocycles. The Hall–Kier alpha value is -1.43. The van der Waals surface area contributed by atoms with Gasteiger partial charge in [-0.15, -0.1) is 0 Å². The highest BCUT2D eigenvalue weighted by Gasteiger charge is 2.28. The van der Waals surface area contributed by atoms with Gasteiger partial charge in [0, 0.05) is 26.2 Å². The van der Waals surface area contributed by atoms with Gasteiger partial charge in [-0.25, -0.2) is 0 Å². The predicted octanol–water partition coefficient (Wildman–Crippen LogP) is 2.42. The van der Waals surface area contributed by atoms with Crippen LogP contribution in [0, 0.1) is 5.92 Å². The van der Waals surface area contributed by atoms with E-state index in [4.69, 9.17) is 10.5 Å². The highest BCUT2D eigenvalue weighted by atomic mass is 16.5.